The molecule has 108 valence electrons. The lowest BCUT2D eigenvalue weighted by Gasteiger charge is -2.12. The third-order valence-corrected chi connectivity index (χ3v) is 3.61. The van der Waals surface area contributed by atoms with Crippen LogP contribution in [-0.2, 0) is 6.42 Å². The van der Waals surface area contributed by atoms with E-state index in [0.717, 1.165) is 30.6 Å². The quantitative estimate of drug-likeness (QED) is 0.687. The van der Waals surface area contributed by atoms with Crippen LogP contribution in [0.1, 0.15) is 36.8 Å². The summed E-state index contributed by atoms with van der Waals surface area (Å²) in [5.41, 5.74) is 2.33. The first-order valence-electron chi connectivity index (χ1n) is 7.50. The van der Waals surface area contributed by atoms with E-state index in [1.807, 2.05) is 48.5 Å². The van der Waals surface area contributed by atoms with E-state index in [1.54, 1.807) is 0 Å². The van der Waals surface area contributed by atoms with E-state index in [9.17, 15) is 5.26 Å². The van der Waals surface area contributed by atoms with Crippen LogP contribution in [0, 0.1) is 11.3 Å². The van der Waals surface area contributed by atoms with Gasteiger partial charge in [-0.3, -0.25) is 0 Å². The van der Waals surface area contributed by atoms with Gasteiger partial charge in [0.1, 0.15) is 5.75 Å². The summed E-state index contributed by atoms with van der Waals surface area (Å²) < 4.78 is 5.85. The molecular formula is C19H21NO. The van der Waals surface area contributed by atoms with Gasteiger partial charge in [-0.05, 0) is 36.5 Å². The highest BCUT2D eigenvalue weighted by molar-refractivity contribution is 5.33. The summed E-state index contributed by atoms with van der Waals surface area (Å²) in [5, 5.41) is 9.29. The van der Waals surface area contributed by atoms with Gasteiger partial charge >= 0.3 is 0 Å². The zero-order valence-electron chi connectivity index (χ0n) is 12.5. The van der Waals surface area contributed by atoms with Crippen LogP contribution in [-0.4, -0.2) is 6.61 Å². The minimum absolute atomic E-state index is 0.0452. The van der Waals surface area contributed by atoms with Gasteiger partial charge in [0, 0.05) is 0 Å². The molecule has 0 aliphatic rings. The summed E-state index contributed by atoms with van der Waals surface area (Å²) >= 11 is 0. The van der Waals surface area contributed by atoms with E-state index in [2.05, 4.69) is 19.1 Å². The number of nitrogens with zero attached hydrogens (tertiary/aromatic N) is 1. The Bertz CT molecular complexity index is 586. The molecule has 0 aliphatic heterocycles. The highest BCUT2D eigenvalue weighted by Crippen LogP contribution is 2.22. The Morgan fingerprint density at radius 3 is 2.48 bits per heavy atom. The molecule has 0 amide bonds. The molecule has 1 unspecified atom stereocenters. The van der Waals surface area contributed by atoms with Crippen LogP contribution in [0.4, 0.5) is 0 Å². The fraction of sp³-hybridized carbons (Fsp3) is 0.316. The van der Waals surface area contributed by atoms with Gasteiger partial charge in [-0.1, -0.05) is 55.5 Å². The van der Waals surface area contributed by atoms with Crippen molar-refractivity contribution >= 4 is 0 Å². The molecule has 0 heterocycles. The number of para-hydroxylation sites is 1. The summed E-state index contributed by atoms with van der Waals surface area (Å²) in [6.07, 6.45) is 2.68. The van der Waals surface area contributed by atoms with Gasteiger partial charge < -0.3 is 4.74 Å². The van der Waals surface area contributed by atoms with Crippen molar-refractivity contribution in [3.63, 3.8) is 0 Å². The van der Waals surface area contributed by atoms with E-state index in [4.69, 9.17) is 4.74 Å². The minimum atomic E-state index is -0.0452. The fourth-order valence-electron chi connectivity index (χ4n) is 2.40. The molecule has 2 aromatic carbocycles. The molecule has 0 saturated carbocycles. The maximum absolute atomic E-state index is 9.29. The molecule has 2 nitrogen and oxygen atoms in total. The summed E-state index contributed by atoms with van der Waals surface area (Å²) in [6.45, 7) is 2.78. The van der Waals surface area contributed by atoms with Gasteiger partial charge in [0.05, 0.1) is 18.6 Å². The number of aryl methyl sites for hydroxylation is 1. The monoisotopic (exact) mass is 279 g/mol. The van der Waals surface area contributed by atoms with Crippen molar-refractivity contribution in [3.05, 3.63) is 65.7 Å². The predicted octanol–water partition coefficient (Wildman–Crippen LogP) is 4.72. The number of benzene rings is 2. The first kappa shape index (κ1) is 15.1. The van der Waals surface area contributed by atoms with E-state index in [-0.39, 0.29) is 5.92 Å². The summed E-state index contributed by atoms with van der Waals surface area (Å²) in [4.78, 5) is 0. The molecule has 0 aliphatic carbocycles. The van der Waals surface area contributed by atoms with Crippen molar-refractivity contribution in [1.29, 1.82) is 5.26 Å². The van der Waals surface area contributed by atoms with Crippen molar-refractivity contribution < 1.29 is 4.74 Å². The molecule has 0 spiro atoms. The lowest BCUT2D eigenvalue weighted by Crippen LogP contribution is -2.03. The summed E-state index contributed by atoms with van der Waals surface area (Å²) in [7, 11) is 0. The molecule has 0 bridgehead atoms. The van der Waals surface area contributed by atoms with Gasteiger partial charge in [0.15, 0.2) is 0 Å². The van der Waals surface area contributed by atoms with Crippen molar-refractivity contribution in [1.82, 2.24) is 0 Å². The van der Waals surface area contributed by atoms with Crippen LogP contribution in [0.25, 0.3) is 0 Å². The molecule has 0 fully saturated rings. The van der Waals surface area contributed by atoms with Gasteiger partial charge in [-0.25, -0.2) is 0 Å². The van der Waals surface area contributed by atoms with Gasteiger partial charge in [-0.2, -0.15) is 5.26 Å². The maximum Gasteiger partial charge on any atom is 0.122 e. The van der Waals surface area contributed by atoms with Crippen molar-refractivity contribution in [2.45, 2.75) is 32.1 Å². The smallest absolute Gasteiger partial charge is 0.122 e. The van der Waals surface area contributed by atoms with Crippen LogP contribution in [0.5, 0.6) is 5.75 Å². The maximum atomic E-state index is 9.29. The van der Waals surface area contributed by atoms with Crippen LogP contribution in [0.3, 0.4) is 0 Å². The lowest BCUT2D eigenvalue weighted by molar-refractivity contribution is 0.302. The fourth-order valence-corrected chi connectivity index (χ4v) is 2.40. The highest BCUT2D eigenvalue weighted by Gasteiger charge is 2.09. The Balaban J connectivity index is 1.83. The van der Waals surface area contributed by atoms with Crippen LogP contribution in [0.2, 0.25) is 0 Å². The number of hydrogen-bond donors (Lipinski definition) is 0. The third kappa shape index (κ3) is 4.36. The average molecular weight is 279 g/mol. The van der Waals surface area contributed by atoms with E-state index in [1.165, 1.54) is 5.56 Å². The molecule has 0 N–H and O–H groups in total. The zero-order valence-corrected chi connectivity index (χ0v) is 12.5. The van der Waals surface area contributed by atoms with Crippen LogP contribution in [0.15, 0.2) is 54.6 Å². The first-order chi connectivity index (χ1) is 10.3. The Kier molecular flexibility index (Phi) is 5.84. The molecule has 2 aromatic rings. The van der Waals surface area contributed by atoms with Gasteiger partial charge in [0.2, 0.25) is 0 Å². The second-order valence-electron chi connectivity index (χ2n) is 5.04. The molecule has 0 radical (unpaired) electrons. The molecule has 0 aromatic heterocycles. The molecule has 2 heteroatoms. The average Bonchev–Trinajstić information content (AvgIpc) is 2.56. The molecular weight excluding hydrogens is 258 g/mol. The molecule has 21 heavy (non-hydrogen) atoms. The normalized spacial score (nSPS) is 11.6. The number of nitriles is 1. The van der Waals surface area contributed by atoms with Crippen molar-refractivity contribution in [3.8, 4) is 11.8 Å². The second-order valence-corrected chi connectivity index (χ2v) is 5.04. The van der Waals surface area contributed by atoms with Crippen LogP contribution < -0.4 is 4.74 Å². The zero-order chi connectivity index (χ0) is 14.9. The van der Waals surface area contributed by atoms with Crippen LogP contribution >= 0.6 is 0 Å². The number of ether oxygens (including phenoxy) is 1. The van der Waals surface area contributed by atoms with E-state index < -0.39 is 0 Å². The topological polar surface area (TPSA) is 33.0 Å². The van der Waals surface area contributed by atoms with Gasteiger partial charge in [-0.15, -0.1) is 0 Å². The largest absolute Gasteiger partial charge is 0.493 e. The van der Waals surface area contributed by atoms with Gasteiger partial charge in [0.25, 0.3) is 0 Å². The third-order valence-electron chi connectivity index (χ3n) is 3.61. The molecule has 2 rings (SSSR count). The molecule has 1 atom stereocenters. The summed E-state index contributed by atoms with van der Waals surface area (Å²) in [5.74, 6) is 0.921. The lowest BCUT2D eigenvalue weighted by atomic mass is 9.96. The highest BCUT2D eigenvalue weighted by atomic mass is 16.5. The standard InChI is InChI=1S/C19H21NO/c1-2-16-9-6-7-13-19(16)21-14-8-12-18(15-20)17-10-4-3-5-11-17/h3-7,9-11,13,18H,2,8,12,14H2,1H3. The number of hydrogen-bond acceptors (Lipinski definition) is 2. The predicted molar refractivity (Wildman–Crippen MR) is 85.3 cm³/mol. The molecule has 0 saturated heterocycles. The SMILES string of the molecule is CCc1ccccc1OCCCC(C#N)c1ccccc1. The Morgan fingerprint density at radius 1 is 1.05 bits per heavy atom. The summed E-state index contributed by atoms with van der Waals surface area (Å²) in [6, 6.07) is 20.5. The Labute approximate surface area is 127 Å². The first-order valence-corrected chi connectivity index (χ1v) is 7.50. The van der Waals surface area contributed by atoms with Crippen molar-refractivity contribution in [2.24, 2.45) is 0 Å². The van der Waals surface area contributed by atoms with Crippen molar-refractivity contribution in [2.75, 3.05) is 6.61 Å². The number of rotatable bonds is 7. The minimum Gasteiger partial charge on any atom is -0.493 e. The Hall–Kier alpha value is -2.27. The van der Waals surface area contributed by atoms with E-state index in [0.29, 0.717) is 6.61 Å². The second kappa shape index (κ2) is 8.11. The van der Waals surface area contributed by atoms with E-state index >= 15 is 0 Å². The Morgan fingerprint density at radius 2 is 1.76 bits per heavy atom.